The molecule has 0 amide bonds. The fourth-order valence-electron chi connectivity index (χ4n) is 2.03. The van der Waals surface area contributed by atoms with Crippen molar-refractivity contribution in [1.82, 2.24) is 15.1 Å². The lowest BCUT2D eigenvalue weighted by atomic mass is 10.1. The van der Waals surface area contributed by atoms with Gasteiger partial charge in [-0.05, 0) is 43.1 Å². The number of benzene rings is 1. The topological polar surface area (TPSA) is 29.9 Å². The van der Waals surface area contributed by atoms with Crippen LogP contribution in [0.2, 0.25) is 0 Å². The van der Waals surface area contributed by atoms with Gasteiger partial charge in [-0.1, -0.05) is 19.1 Å². The Kier molecular flexibility index (Phi) is 4.67. The van der Waals surface area contributed by atoms with Gasteiger partial charge in [-0.2, -0.15) is 18.3 Å². The smallest absolute Gasteiger partial charge is 0.313 e. The lowest BCUT2D eigenvalue weighted by Gasteiger charge is -2.10. The number of halogens is 3. The Bertz CT molecular complexity index is 602. The van der Waals surface area contributed by atoms with E-state index in [4.69, 9.17) is 0 Å². The Hall–Kier alpha value is -1.82. The van der Waals surface area contributed by atoms with Crippen molar-refractivity contribution >= 4 is 0 Å². The number of alkyl halides is 3. The van der Waals surface area contributed by atoms with Gasteiger partial charge in [-0.15, -0.1) is 0 Å². The van der Waals surface area contributed by atoms with E-state index in [2.05, 4.69) is 17.3 Å². The van der Waals surface area contributed by atoms with Crippen LogP contribution >= 0.6 is 0 Å². The van der Waals surface area contributed by atoms with Crippen LogP contribution in [0.3, 0.4) is 0 Å². The van der Waals surface area contributed by atoms with Crippen LogP contribution in [0.4, 0.5) is 13.2 Å². The molecular formula is C15H18F3N3. The molecule has 21 heavy (non-hydrogen) atoms. The van der Waals surface area contributed by atoms with Gasteiger partial charge >= 0.3 is 6.18 Å². The lowest BCUT2D eigenvalue weighted by Crippen LogP contribution is -2.14. The molecule has 2 aromatic rings. The van der Waals surface area contributed by atoms with Crippen molar-refractivity contribution in [2.45, 2.75) is 33.0 Å². The average Bonchev–Trinajstić information content (AvgIpc) is 2.90. The van der Waals surface area contributed by atoms with Crippen molar-refractivity contribution in [3.8, 4) is 5.69 Å². The van der Waals surface area contributed by atoms with Gasteiger partial charge in [0.25, 0.3) is 0 Å². The van der Waals surface area contributed by atoms with Crippen molar-refractivity contribution in [3.05, 3.63) is 47.3 Å². The van der Waals surface area contributed by atoms with Crippen LogP contribution in [0.1, 0.15) is 30.2 Å². The number of hydrogen-bond acceptors (Lipinski definition) is 2. The second-order valence-corrected chi connectivity index (χ2v) is 4.94. The van der Waals surface area contributed by atoms with Crippen molar-refractivity contribution in [1.29, 1.82) is 0 Å². The minimum absolute atomic E-state index is 0.668. The zero-order valence-corrected chi connectivity index (χ0v) is 12.0. The number of rotatable bonds is 5. The van der Waals surface area contributed by atoms with E-state index < -0.39 is 11.9 Å². The Morgan fingerprint density at radius 2 is 2.00 bits per heavy atom. The minimum atomic E-state index is -4.42. The fourth-order valence-corrected chi connectivity index (χ4v) is 2.03. The van der Waals surface area contributed by atoms with Crippen molar-refractivity contribution in [2.24, 2.45) is 0 Å². The zero-order valence-electron chi connectivity index (χ0n) is 12.0. The van der Waals surface area contributed by atoms with Crippen LogP contribution in [0.5, 0.6) is 0 Å². The van der Waals surface area contributed by atoms with Gasteiger partial charge in [0.15, 0.2) is 5.69 Å². The van der Waals surface area contributed by atoms with E-state index in [1.54, 1.807) is 0 Å². The number of aryl methyl sites for hydroxylation is 1. The summed E-state index contributed by atoms with van der Waals surface area (Å²) in [7, 11) is 0. The molecule has 1 aromatic heterocycles. The zero-order chi connectivity index (χ0) is 15.5. The Labute approximate surface area is 121 Å². The summed E-state index contributed by atoms with van der Waals surface area (Å²) in [5.41, 5.74) is 1.69. The standard InChI is InChI=1S/C15H18F3N3/c1-3-7-19-10-12-5-4-11(2)13(9-12)21-8-6-14(20-21)15(16,17)18/h4-6,8-9,19H,3,7,10H2,1-2H3. The third-order valence-corrected chi connectivity index (χ3v) is 3.16. The van der Waals surface area contributed by atoms with E-state index >= 15 is 0 Å². The summed E-state index contributed by atoms with van der Waals surface area (Å²) in [6, 6.07) is 6.72. The normalized spacial score (nSPS) is 11.9. The summed E-state index contributed by atoms with van der Waals surface area (Å²) in [6.45, 7) is 5.53. The second-order valence-electron chi connectivity index (χ2n) is 4.94. The quantitative estimate of drug-likeness (QED) is 0.853. The third kappa shape index (κ3) is 3.85. The molecule has 0 atom stereocenters. The molecule has 6 heteroatoms. The maximum absolute atomic E-state index is 12.6. The molecule has 0 fully saturated rings. The highest BCUT2D eigenvalue weighted by molar-refractivity contribution is 5.43. The Morgan fingerprint density at radius 3 is 2.62 bits per heavy atom. The molecule has 0 saturated carbocycles. The van der Waals surface area contributed by atoms with Gasteiger partial charge < -0.3 is 5.32 Å². The van der Waals surface area contributed by atoms with Crippen molar-refractivity contribution in [2.75, 3.05) is 6.54 Å². The molecule has 3 nitrogen and oxygen atoms in total. The Balaban J connectivity index is 2.26. The van der Waals surface area contributed by atoms with E-state index in [0.29, 0.717) is 12.2 Å². The first-order valence-electron chi connectivity index (χ1n) is 6.85. The molecule has 1 aromatic carbocycles. The highest BCUT2D eigenvalue weighted by atomic mass is 19.4. The molecule has 0 bridgehead atoms. The summed E-state index contributed by atoms with van der Waals surface area (Å²) in [5.74, 6) is 0. The first-order valence-corrected chi connectivity index (χ1v) is 6.85. The number of nitrogens with zero attached hydrogens (tertiary/aromatic N) is 2. The largest absolute Gasteiger partial charge is 0.435 e. The van der Waals surface area contributed by atoms with E-state index in [-0.39, 0.29) is 0 Å². The van der Waals surface area contributed by atoms with Gasteiger partial charge in [0.1, 0.15) is 0 Å². The van der Waals surface area contributed by atoms with Crippen LogP contribution in [-0.2, 0) is 12.7 Å². The molecule has 1 N–H and O–H groups in total. The van der Waals surface area contributed by atoms with E-state index in [0.717, 1.165) is 30.2 Å². The maximum Gasteiger partial charge on any atom is 0.435 e. The Morgan fingerprint density at radius 1 is 1.24 bits per heavy atom. The van der Waals surface area contributed by atoms with Gasteiger partial charge in [-0.3, -0.25) is 0 Å². The average molecular weight is 297 g/mol. The lowest BCUT2D eigenvalue weighted by molar-refractivity contribution is -0.141. The summed E-state index contributed by atoms with van der Waals surface area (Å²) < 4.78 is 39.1. The van der Waals surface area contributed by atoms with Gasteiger partial charge in [0.2, 0.25) is 0 Å². The molecule has 0 aliphatic carbocycles. The SMILES string of the molecule is CCCNCc1ccc(C)c(-n2ccc(C(F)(F)F)n2)c1. The molecule has 114 valence electrons. The molecule has 2 rings (SSSR count). The molecule has 0 radical (unpaired) electrons. The van der Waals surface area contributed by atoms with Crippen molar-refractivity contribution < 1.29 is 13.2 Å². The number of aromatic nitrogens is 2. The van der Waals surface area contributed by atoms with Crippen molar-refractivity contribution in [3.63, 3.8) is 0 Å². The van der Waals surface area contributed by atoms with Crippen LogP contribution in [0, 0.1) is 6.92 Å². The van der Waals surface area contributed by atoms with Gasteiger partial charge in [-0.25, -0.2) is 4.68 Å². The summed E-state index contributed by atoms with van der Waals surface area (Å²) in [5, 5.41) is 6.89. The monoisotopic (exact) mass is 297 g/mol. The van der Waals surface area contributed by atoms with Gasteiger partial charge in [0, 0.05) is 12.7 Å². The second kappa shape index (κ2) is 6.30. The third-order valence-electron chi connectivity index (χ3n) is 3.16. The predicted molar refractivity (Wildman–Crippen MR) is 75.3 cm³/mol. The highest BCUT2D eigenvalue weighted by Gasteiger charge is 2.33. The molecule has 0 aliphatic rings. The molecule has 0 spiro atoms. The molecule has 0 aliphatic heterocycles. The molecular weight excluding hydrogens is 279 g/mol. The van der Waals surface area contributed by atoms with Gasteiger partial charge in [0.05, 0.1) is 5.69 Å². The molecule has 0 saturated heterocycles. The summed E-state index contributed by atoms with van der Waals surface area (Å²) in [6.07, 6.45) is -2.04. The highest BCUT2D eigenvalue weighted by Crippen LogP contribution is 2.28. The minimum Gasteiger partial charge on any atom is -0.313 e. The first-order chi connectivity index (χ1) is 9.91. The molecule has 0 unspecified atom stereocenters. The summed E-state index contributed by atoms with van der Waals surface area (Å²) >= 11 is 0. The van der Waals surface area contributed by atoms with Crippen LogP contribution in [0.15, 0.2) is 30.5 Å². The summed E-state index contributed by atoms with van der Waals surface area (Å²) in [4.78, 5) is 0. The van der Waals surface area contributed by atoms with Crippen LogP contribution in [0.25, 0.3) is 5.69 Å². The predicted octanol–water partition coefficient (Wildman–Crippen LogP) is 3.70. The van der Waals surface area contributed by atoms with E-state index in [1.165, 1.54) is 10.9 Å². The number of hydrogen-bond donors (Lipinski definition) is 1. The fraction of sp³-hybridized carbons (Fsp3) is 0.400. The van der Waals surface area contributed by atoms with E-state index in [9.17, 15) is 13.2 Å². The maximum atomic E-state index is 12.6. The first kappa shape index (κ1) is 15.6. The van der Waals surface area contributed by atoms with E-state index in [1.807, 2.05) is 25.1 Å². The molecule has 1 heterocycles. The number of nitrogens with one attached hydrogen (secondary N) is 1. The van der Waals surface area contributed by atoms with Crippen LogP contribution < -0.4 is 5.32 Å². The van der Waals surface area contributed by atoms with Crippen LogP contribution in [-0.4, -0.2) is 16.3 Å².